The summed E-state index contributed by atoms with van der Waals surface area (Å²) in [6.45, 7) is 0. The third-order valence-electron chi connectivity index (χ3n) is 2.15. The number of benzene rings is 1. The summed E-state index contributed by atoms with van der Waals surface area (Å²) in [5.41, 5.74) is 5.99. The number of nitrogens with zero attached hydrogens (tertiary/aromatic N) is 1. The highest BCUT2D eigenvalue weighted by atomic mass is 32.2. The van der Waals surface area contributed by atoms with Crippen LogP contribution in [0.4, 0.5) is 5.69 Å². The van der Waals surface area contributed by atoms with Crippen LogP contribution in [0.15, 0.2) is 43.9 Å². The van der Waals surface area contributed by atoms with Crippen molar-refractivity contribution in [2.75, 3.05) is 12.8 Å². The molecule has 1 aromatic heterocycles. The molecule has 3 N–H and O–H groups in total. The third kappa shape index (κ3) is 2.83. The number of nitrogen functional groups attached to an aromatic ring is 1. The second kappa shape index (κ2) is 5.27. The Morgan fingerprint density at radius 2 is 2.22 bits per heavy atom. The number of hydrogen-bond donors (Lipinski definition) is 2. The first kappa shape index (κ1) is 13.3. The molecule has 0 aliphatic rings. The molecule has 0 aliphatic heterocycles. The van der Waals surface area contributed by atoms with Crippen molar-refractivity contribution in [3.63, 3.8) is 0 Å². The van der Waals surface area contributed by atoms with Crippen molar-refractivity contribution in [2.45, 2.75) is 14.1 Å². The van der Waals surface area contributed by atoms with E-state index < -0.39 is 10.0 Å². The second-order valence-corrected chi connectivity index (χ2v) is 7.38. The van der Waals surface area contributed by atoms with Crippen molar-refractivity contribution in [2.24, 2.45) is 0 Å². The van der Waals surface area contributed by atoms with Gasteiger partial charge in [0, 0.05) is 16.5 Å². The van der Waals surface area contributed by atoms with Gasteiger partial charge in [-0.15, -0.1) is 11.3 Å². The smallest absolute Gasteiger partial charge is 0.242 e. The number of rotatable bonds is 4. The molecule has 0 aliphatic carbocycles. The Labute approximate surface area is 113 Å². The minimum atomic E-state index is -3.50. The number of thiazole rings is 1. The molecule has 0 unspecified atom stereocenters. The maximum absolute atomic E-state index is 11.6. The molecule has 0 fully saturated rings. The van der Waals surface area contributed by atoms with Crippen molar-refractivity contribution in [1.29, 1.82) is 0 Å². The fourth-order valence-electron chi connectivity index (χ4n) is 1.31. The monoisotopic (exact) mass is 301 g/mol. The minimum Gasteiger partial charge on any atom is -0.398 e. The number of nitrogens with one attached hydrogen (secondary N) is 1. The topological polar surface area (TPSA) is 85.1 Å². The number of anilines is 1. The Hall–Kier alpha value is -1.09. The van der Waals surface area contributed by atoms with Gasteiger partial charge in [-0.2, -0.15) is 0 Å². The summed E-state index contributed by atoms with van der Waals surface area (Å²) in [7, 11) is -2.15. The van der Waals surface area contributed by atoms with E-state index in [0.29, 0.717) is 0 Å². The van der Waals surface area contributed by atoms with Crippen LogP contribution in [0.1, 0.15) is 0 Å². The molecule has 8 heteroatoms. The molecule has 5 nitrogen and oxygen atoms in total. The minimum absolute atomic E-state index is 0.0912. The van der Waals surface area contributed by atoms with Crippen LogP contribution in [0.5, 0.6) is 0 Å². The molecule has 0 saturated carbocycles. The number of aromatic nitrogens is 1. The first-order valence-electron chi connectivity index (χ1n) is 4.93. The second-order valence-electron chi connectivity index (χ2n) is 3.31. The van der Waals surface area contributed by atoms with Crippen LogP contribution in [-0.2, 0) is 10.0 Å². The van der Waals surface area contributed by atoms with E-state index in [2.05, 4.69) is 9.71 Å². The largest absolute Gasteiger partial charge is 0.398 e. The van der Waals surface area contributed by atoms with Crippen LogP contribution in [0.3, 0.4) is 0 Å². The molecule has 0 radical (unpaired) electrons. The van der Waals surface area contributed by atoms with Gasteiger partial charge in [-0.1, -0.05) is 11.8 Å². The molecule has 0 spiro atoms. The van der Waals surface area contributed by atoms with Crippen LogP contribution in [0.25, 0.3) is 0 Å². The average molecular weight is 301 g/mol. The van der Waals surface area contributed by atoms with E-state index in [-0.39, 0.29) is 10.6 Å². The van der Waals surface area contributed by atoms with Crippen LogP contribution in [-0.4, -0.2) is 20.4 Å². The molecule has 96 valence electrons. The predicted octanol–water partition coefficient (Wildman–Crippen LogP) is 1.78. The van der Waals surface area contributed by atoms with Gasteiger partial charge in [-0.05, 0) is 25.2 Å². The molecule has 2 rings (SSSR count). The van der Waals surface area contributed by atoms with Crippen molar-refractivity contribution in [1.82, 2.24) is 9.71 Å². The fraction of sp³-hybridized carbons (Fsp3) is 0.100. The molecule has 1 aromatic carbocycles. The summed E-state index contributed by atoms with van der Waals surface area (Å²) in [6, 6.07) is 4.85. The van der Waals surface area contributed by atoms with E-state index in [9.17, 15) is 8.42 Å². The van der Waals surface area contributed by atoms with Crippen molar-refractivity contribution >= 4 is 38.8 Å². The first-order valence-corrected chi connectivity index (χ1v) is 8.11. The van der Waals surface area contributed by atoms with Gasteiger partial charge in [-0.3, -0.25) is 0 Å². The van der Waals surface area contributed by atoms with Gasteiger partial charge in [0.1, 0.15) is 4.90 Å². The van der Waals surface area contributed by atoms with E-state index in [1.165, 1.54) is 36.2 Å². The van der Waals surface area contributed by atoms with Crippen LogP contribution in [0.2, 0.25) is 0 Å². The lowest BCUT2D eigenvalue weighted by Gasteiger charge is -2.07. The lowest BCUT2D eigenvalue weighted by atomic mass is 10.3. The van der Waals surface area contributed by atoms with Gasteiger partial charge in [0.05, 0.1) is 5.69 Å². The van der Waals surface area contributed by atoms with Crippen LogP contribution < -0.4 is 10.5 Å². The predicted molar refractivity (Wildman–Crippen MR) is 73.3 cm³/mol. The van der Waals surface area contributed by atoms with Gasteiger partial charge >= 0.3 is 0 Å². The van der Waals surface area contributed by atoms with Gasteiger partial charge in [0.25, 0.3) is 0 Å². The Bertz CT molecular complexity index is 638. The standard InChI is InChI=1S/C10H11N3O2S3/c1-12-18(14,15)9-3-2-7(6-8(9)11)17-10-13-4-5-16-10/h2-6,12H,11H2,1H3. The zero-order chi connectivity index (χ0) is 13.2. The van der Waals surface area contributed by atoms with E-state index in [1.807, 2.05) is 5.38 Å². The average Bonchev–Trinajstić information content (AvgIpc) is 2.81. The van der Waals surface area contributed by atoms with Gasteiger partial charge in [0.2, 0.25) is 10.0 Å². The summed E-state index contributed by atoms with van der Waals surface area (Å²) in [4.78, 5) is 5.09. The molecular formula is C10H11N3O2S3. The van der Waals surface area contributed by atoms with Crippen LogP contribution >= 0.6 is 23.1 Å². The zero-order valence-electron chi connectivity index (χ0n) is 9.45. The summed E-state index contributed by atoms with van der Waals surface area (Å²) in [6.07, 6.45) is 1.72. The quantitative estimate of drug-likeness (QED) is 0.841. The number of nitrogens with two attached hydrogens (primary N) is 1. The van der Waals surface area contributed by atoms with Crippen LogP contribution in [0, 0.1) is 0 Å². The third-order valence-corrected chi connectivity index (χ3v) is 5.52. The SMILES string of the molecule is CNS(=O)(=O)c1ccc(Sc2nccs2)cc1N. The van der Waals surface area contributed by atoms with E-state index in [1.54, 1.807) is 18.3 Å². The maximum atomic E-state index is 11.6. The van der Waals surface area contributed by atoms with Crippen molar-refractivity contribution in [3.05, 3.63) is 29.8 Å². The molecular weight excluding hydrogens is 290 g/mol. The number of sulfonamides is 1. The van der Waals surface area contributed by atoms with Gasteiger partial charge in [-0.25, -0.2) is 18.1 Å². The molecule has 18 heavy (non-hydrogen) atoms. The Morgan fingerprint density at radius 1 is 1.44 bits per heavy atom. The lowest BCUT2D eigenvalue weighted by molar-refractivity contribution is 0.588. The summed E-state index contributed by atoms with van der Waals surface area (Å²) >= 11 is 2.97. The Kier molecular flexibility index (Phi) is 3.91. The number of hydrogen-bond acceptors (Lipinski definition) is 6. The molecule has 0 amide bonds. The van der Waals surface area contributed by atoms with E-state index in [0.717, 1.165) is 9.24 Å². The zero-order valence-corrected chi connectivity index (χ0v) is 11.9. The lowest BCUT2D eigenvalue weighted by Crippen LogP contribution is -2.19. The highest BCUT2D eigenvalue weighted by Crippen LogP contribution is 2.32. The molecule has 1 heterocycles. The van der Waals surface area contributed by atoms with E-state index >= 15 is 0 Å². The Morgan fingerprint density at radius 3 is 2.78 bits per heavy atom. The first-order chi connectivity index (χ1) is 8.53. The van der Waals surface area contributed by atoms with Crippen molar-refractivity contribution in [3.8, 4) is 0 Å². The highest BCUT2D eigenvalue weighted by Gasteiger charge is 2.15. The van der Waals surface area contributed by atoms with Gasteiger partial charge < -0.3 is 5.73 Å². The fourth-order valence-corrected chi connectivity index (χ4v) is 3.79. The molecule has 0 bridgehead atoms. The summed E-state index contributed by atoms with van der Waals surface area (Å²) < 4.78 is 26.4. The Balaban J connectivity index is 2.31. The van der Waals surface area contributed by atoms with Crippen molar-refractivity contribution < 1.29 is 8.42 Å². The maximum Gasteiger partial charge on any atom is 0.242 e. The summed E-state index contributed by atoms with van der Waals surface area (Å²) in [5.74, 6) is 0. The van der Waals surface area contributed by atoms with E-state index in [4.69, 9.17) is 5.73 Å². The normalized spacial score (nSPS) is 11.6. The molecule has 2 aromatic rings. The highest BCUT2D eigenvalue weighted by molar-refractivity contribution is 8.01. The molecule has 0 atom stereocenters. The molecule has 0 saturated heterocycles. The summed E-state index contributed by atoms with van der Waals surface area (Å²) in [5, 5.41) is 1.88. The van der Waals surface area contributed by atoms with Gasteiger partial charge in [0.15, 0.2) is 4.34 Å².